The summed E-state index contributed by atoms with van der Waals surface area (Å²) in [4.78, 5) is 24.9. The smallest absolute Gasteiger partial charge is 0.257 e. The average molecular weight is 296 g/mol. The van der Waals surface area contributed by atoms with Crippen molar-refractivity contribution in [2.75, 3.05) is 25.0 Å². The molecule has 3 rings (SSSR count). The molecular weight excluding hydrogens is 276 g/mol. The molecule has 1 aliphatic rings. The van der Waals surface area contributed by atoms with Gasteiger partial charge in [0.2, 0.25) is 5.95 Å². The first kappa shape index (κ1) is 14.5. The number of hydrogen-bond acceptors (Lipinski definition) is 4. The molecule has 2 heterocycles. The van der Waals surface area contributed by atoms with Crippen molar-refractivity contribution >= 4 is 11.9 Å². The number of hydrogen-bond donors (Lipinski definition) is 0. The second-order valence-electron chi connectivity index (χ2n) is 5.61. The van der Waals surface area contributed by atoms with E-state index in [9.17, 15) is 4.79 Å². The average Bonchev–Trinajstić information content (AvgIpc) is 3.10. The van der Waals surface area contributed by atoms with Crippen LogP contribution in [0.3, 0.4) is 0 Å². The van der Waals surface area contributed by atoms with Gasteiger partial charge in [-0.05, 0) is 18.4 Å². The minimum absolute atomic E-state index is 0.0585. The van der Waals surface area contributed by atoms with E-state index in [0.717, 1.165) is 24.6 Å². The molecule has 0 spiro atoms. The fourth-order valence-corrected chi connectivity index (χ4v) is 2.66. The summed E-state index contributed by atoms with van der Waals surface area (Å²) in [6.45, 7) is 2.58. The van der Waals surface area contributed by atoms with Gasteiger partial charge in [-0.15, -0.1) is 0 Å². The predicted octanol–water partition coefficient (Wildman–Crippen LogP) is 2.35. The van der Waals surface area contributed by atoms with Crippen molar-refractivity contribution in [2.24, 2.45) is 0 Å². The summed E-state index contributed by atoms with van der Waals surface area (Å²) in [5.41, 5.74) is 1.63. The van der Waals surface area contributed by atoms with E-state index >= 15 is 0 Å². The molecule has 5 heteroatoms. The van der Waals surface area contributed by atoms with Gasteiger partial charge in [-0.3, -0.25) is 4.79 Å². The zero-order chi connectivity index (χ0) is 15.4. The van der Waals surface area contributed by atoms with Gasteiger partial charge in [0.15, 0.2) is 0 Å². The van der Waals surface area contributed by atoms with Gasteiger partial charge in [0.1, 0.15) is 0 Å². The van der Waals surface area contributed by atoms with Gasteiger partial charge in [-0.1, -0.05) is 30.3 Å². The fraction of sp³-hybridized carbons (Fsp3) is 0.353. The highest BCUT2D eigenvalue weighted by Gasteiger charge is 2.17. The molecule has 1 amide bonds. The van der Waals surface area contributed by atoms with Crippen molar-refractivity contribution in [1.29, 1.82) is 0 Å². The van der Waals surface area contributed by atoms with Crippen LogP contribution in [0.25, 0.3) is 0 Å². The van der Waals surface area contributed by atoms with E-state index in [0.29, 0.717) is 12.1 Å². The van der Waals surface area contributed by atoms with Crippen molar-refractivity contribution in [3.63, 3.8) is 0 Å². The number of benzene rings is 1. The van der Waals surface area contributed by atoms with E-state index in [4.69, 9.17) is 0 Å². The first-order valence-electron chi connectivity index (χ1n) is 7.60. The summed E-state index contributed by atoms with van der Waals surface area (Å²) in [6, 6.07) is 9.94. The zero-order valence-electron chi connectivity index (χ0n) is 12.8. The Hall–Kier alpha value is -2.43. The minimum atomic E-state index is -0.0585. The third kappa shape index (κ3) is 3.24. The van der Waals surface area contributed by atoms with Crippen molar-refractivity contribution in [1.82, 2.24) is 14.9 Å². The minimum Gasteiger partial charge on any atom is -0.341 e. The number of amides is 1. The molecule has 0 saturated carbocycles. The Labute approximate surface area is 130 Å². The molecule has 1 aromatic heterocycles. The summed E-state index contributed by atoms with van der Waals surface area (Å²) >= 11 is 0. The van der Waals surface area contributed by atoms with Crippen LogP contribution in [0.1, 0.15) is 28.8 Å². The van der Waals surface area contributed by atoms with Crippen molar-refractivity contribution in [3.8, 4) is 0 Å². The number of nitrogens with zero attached hydrogens (tertiary/aromatic N) is 4. The molecule has 0 bridgehead atoms. The van der Waals surface area contributed by atoms with E-state index in [1.54, 1.807) is 24.3 Å². The van der Waals surface area contributed by atoms with Crippen LogP contribution in [-0.2, 0) is 6.54 Å². The molecule has 0 aliphatic carbocycles. The van der Waals surface area contributed by atoms with Crippen LogP contribution < -0.4 is 4.90 Å². The third-order valence-electron chi connectivity index (χ3n) is 3.88. The van der Waals surface area contributed by atoms with E-state index < -0.39 is 0 Å². The third-order valence-corrected chi connectivity index (χ3v) is 3.88. The quantitative estimate of drug-likeness (QED) is 0.869. The topological polar surface area (TPSA) is 49.3 Å². The van der Waals surface area contributed by atoms with Gasteiger partial charge >= 0.3 is 0 Å². The SMILES string of the molecule is CN(Cc1ccccc1)C(=O)c1cnc(N2CCCC2)nc1. The van der Waals surface area contributed by atoms with E-state index in [2.05, 4.69) is 14.9 Å². The molecule has 0 N–H and O–H groups in total. The lowest BCUT2D eigenvalue weighted by atomic mass is 10.2. The Morgan fingerprint density at radius 1 is 1.14 bits per heavy atom. The highest BCUT2D eigenvalue weighted by atomic mass is 16.2. The predicted molar refractivity (Wildman–Crippen MR) is 85.7 cm³/mol. The molecule has 1 aromatic carbocycles. The maximum Gasteiger partial charge on any atom is 0.257 e. The molecule has 2 aromatic rings. The van der Waals surface area contributed by atoms with Gasteiger partial charge in [0.05, 0.1) is 5.56 Å². The molecule has 0 atom stereocenters. The number of anilines is 1. The van der Waals surface area contributed by atoms with E-state index in [1.807, 2.05) is 30.3 Å². The van der Waals surface area contributed by atoms with Crippen LogP contribution in [0.5, 0.6) is 0 Å². The number of rotatable bonds is 4. The normalized spacial score (nSPS) is 14.1. The van der Waals surface area contributed by atoms with Gasteiger partial charge in [-0.25, -0.2) is 9.97 Å². The van der Waals surface area contributed by atoms with Crippen LogP contribution >= 0.6 is 0 Å². The van der Waals surface area contributed by atoms with Gasteiger partial charge in [0, 0.05) is 39.1 Å². The molecule has 5 nitrogen and oxygen atoms in total. The molecular formula is C17H20N4O. The maximum atomic E-state index is 12.4. The Kier molecular flexibility index (Phi) is 4.32. The number of aromatic nitrogens is 2. The Morgan fingerprint density at radius 2 is 1.77 bits per heavy atom. The second-order valence-corrected chi connectivity index (χ2v) is 5.61. The molecule has 1 saturated heterocycles. The van der Waals surface area contributed by atoms with E-state index in [1.165, 1.54) is 12.8 Å². The lowest BCUT2D eigenvalue weighted by Gasteiger charge is -2.18. The first-order valence-corrected chi connectivity index (χ1v) is 7.60. The zero-order valence-corrected chi connectivity index (χ0v) is 12.8. The lowest BCUT2D eigenvalue weighted by molar-refractivity contribution is 0.0784. The van der Waals surface area contributed by atoms with E-state index in [-0.39, 0.29) is 5.91 Å². The summed E-state index contributed by atoms with van der Waals surface area (Å²) in [5, 5.41) is 0. The molecule has 0 radical (unpaired) electrons. The standard InChI is InChI=1S/C17H20N4O/c1-20(13-14-7-3-2-4-8-14)16(22)15-11-18-17(19-12-15)21-9-5-6-10-21/h2-4,7-8,11-12H,5-6,9-10,13H2,1H3. The van der Waals surface area contributed by atoms with Crippen molar-refractivity contribution in [3.05, 3.63) is 53.9 Å². The summed E-state index contributed by atoms with van der Waals surface area (Å²) < 4.78 is 0. The van der Waals surface area contributed by atoms with Crippen molar-refractivity contribution < 1.29 is 4.79 Å². The molecule has 1 aliphatic heterocycles. The van der Waals surface area contributed by atoms with Crippen LogP contribution in [0, 0.1) is 0 Å². The van der Waals surface area contributed by atoms with Gasteiger partial charge < -0.3 is 9.80 Å². The summed E-state index contributed by atoms with van der Waals surface area (Å²) in [6.07, 6.45) is 5.63. The van der Waals surface area contributed by atoms with Crippen LogP contribution in [0.4, 0.5) is 5.95 Å². The first-order chi connectivity index (χ1) is 10.7. The Morgan fingerprint density at radius 3 is 2.41 bits per heavy atom. The highest BCUT2D eigenvalue weighted by Crippen LogP contribution is 2.15. The summed E-state index contributed by atoms with van der Waals surface area (Å²) in [5.74, 6) is 0.664. The number of carbonyl (C=O) groups excluding carboxylic acids is 1. The van der Waals surface area contributed by atoms with Crippen LogP contribution in [0.15, 0.2) is 42.7 Å². The second kappa shape index (κ2) is 6.56. The van der Waals surface area contributed by atoms with Crippen LogP contribution in [-0.4, -0.2) is 40.9 Å². The molecule has 114 valence electrons. The van der Waals surface area contributed by atoms with Gasteiger partial charge in [0.25, 0.3) is 5.91 Å². The van der Waals surface area contributed by atoms with Gasteiger partial charge in [-0.2, -0.15) is 0 Å². The Bertz CT molecular complexity index is 621. The molecule has 0 unspecified atom stereocenters. The van der Waals surface area contributed by atoms with Crippen molar-refractivity contribution in [2.45, 2.75) is 19.4 Å². The Balaban J connectivity index is 1.66. The summed E-state index contributed by atoms with van der Waals surface area (Å²) in [7, 11) is 1.80. The van der Waals surface area contributed by atoms with Crippen LogP contribution in [0.2, 0.25) is 0 Å². The molecule has 22 heavy (non-hydrogen) atoms. The maximum absolute atomic E-state index is 12.4. The largest absolute Gasteiger partial charge is 0.341 e. The lowest BCUT2D eigenvalue weighted by Crippen LogP contribution is -2.27. The highest BCUT2D eigenvalue weighted by molar-refractivity contribution is 5.93. The monoisotopic (exact) mass is 296 g/mol. The fourth-order valence-electron chi connectivity index (χ4n) is 2.66. The molecule has 1 fully saturated rings. The number of carbonyl (C=O) groups is 1.